The zero-order valence-corrected chi connectivity index (χ0v) is 14.5. The van der Waals surface area contributed by atoms with Gasteiger partial charge in [-0.1, -0.05) is 32.4 Å². The van der Waals surface area contributed by atoms with Crippen molar-refractivity contribution in [2.24, 2.45) is 5.41 Å². The zero-order valence-electron chi connectivity index (χ0n) is 12.9. The van der Waals surface area contributed by atoms with Crippen molar-refractivity contribution in [2.75, 3.05) is 11.5 Å². The number of hydrogen-bond donors (Lipinski definition) is 1. The minimum atomic E-state index is -0.0358. The number of nitrogens with one attached hydrogen (secondary N) is 1. The Kier molecular flexibility index (Phi) is 6.75. The first kappa shape index (κ1) is 18.1. The van der Waals surface area contributed by atoms with E-state index in [2.05, 4.69) is 26.1 Å². The number of benzene rings is 1. The number of carbonyl (C=O) groups excluding carboxylic acids is 2. The van der Waals surface area contributed by atoms with Gasteiger partial charge in [-0.25, -0.2) is 0 Å². The SMILES string of the molecule is C[C@@H](NC(=O)CSCC(=O)c1ccc(Cl)cc1)C(C)(C)C. The maximum atomic E-state index is 11.9. The first-order chi connectivity index (χ1) is 9.70. The van der Waals surface area contributed by atoms with Crippen molar-refractivity contribution in [3.8, 4) is 0 Å². The van der Waals surface area contributed by atoms with E-state index in [1.54, 1.807) is 24.3 Å². The Morgan fingerprint density at radius 3 is 2.29 bits per heavy atom. The fraction of sp³-hybridized carbons (Fsp3) is 0.500. The smallest absolute Gasteiger partial charge is 0.230 e. The highest BCUT2D eigenvalue weighted by atomic mass is 35.5. The molecular weight excluding hydrogens is 306 g/mol. The number of thioether (sulfide) groups is 1. The minimum absolute atomic E-state index is 0.00772. The van der Waals surface area contributed by atoms with Crippen molar-refractivity contribution in [1.82, 2.24) is 5.32 Å². The monoisotopic (exact) mass is 327 g/mol. The van der Waals surface area contributed by atoms with Crippen molar-refractivity contribution in [3.05, 3.63) is 34.9 Å². The van der Waals surface area contributed by atoms with Gasteiger partial charge in [0.2, 0.25) is 5.91 Å². The minimum Gasteiger partial charge on any atom is -0.352 e. The molecule has 1 N–H and O–H groups in total. The number of hydrogen-bond acceptors (Lipinski definition) is 3. The van der Waals surface area contributed by atoms with Gasteiger partial charge in [0.25, 0.3) is 0 Å². The van der Waals surface area contributed by atoms with Crippen LogP contribution in [0.15, 0.2) is 24.3 Å². The van der Waals surface area contributed by atoms with Crippen LogP contribution in [0.1, 0.15) is 38.1 Å². The normalized spacial score (nSPS) is 12.8. The Morgan fingerprint density at radius 1 is 1.19 bits per heavy atom. The second-order valence-electron chi connectivity index (χ2n) is 6.08. The Labute approximate surface area is 135 Å². The topological polar surface area (TPSA) is 46.2 Å². The molecule has 0 aliphatic heterocycles. The molecule has 0 unspecified atom stereocenters. The lowest BCUT2D eigenvalue weighted by molar-refractivity contribution is -0.119. The van der Waals surface area contributed by atoms with Gasteiger partial charge in [0.05, 0.1) is 11.5 Å². The van der Waals surface area contributed by atoms with Crippen molar-refractivity contribution >= 4 is 35.1 Å². The van der Waals surface area contributed by atoms with E-state index < -0.39 is 0 Å². The highest BCUT2D eigenvalue weighted by Gasteiger charge is 2.21. The van der Waals surface area contributed by atoms with Gasteiger partial charge in [0.15, 0.2) is 5.78 Å². The van der Waals surface area contributed by atoms with Crippen molar-refractivity contribution in [2.45, 2.75) is 33.7 Å². The third kappa shape index (κ3) is 6.53. The van der Waals surface area contributed by atoms with E-state index in [-0.39, 0.29) is 23.1 Å². The van der Waals surface area contributed by atoms with E-state index in [1.807, 2.05) is 6.92 Å². The quantitative estimate of drug-likeness (QED) is 0.808. The van der Waals surface area contributed by atoms with E-state index in [1.165, 1.54) is 11.8 Å². The molecule has 0 spiro atoms. The van der Waals surface area contributed by atoms with Crippen LogP contribution in [-0.4, -0.2) is 29.2 Å². The molecule has 5 heteroatoms. The average Bonchev–Trinajstić information content (AvgIpc) is 2.38. The molecule has 0 heterocycles. The molecule has 0 aliphatic rings. The molecule has 0 saturated heterocycles. The fourth-order valence-corrected chi connectivity index (χ4v) is 2.30. The van der Waals surface area contributed by atoms with Crippen molar-refractivity contribution < 1.29 is 9.59 Å². The molecule has 0 bridgehead atoms. The molecule has 1 amide bonds. The van der Waals surface area contributed by atoms with Crippen LogP contribution < -0.4 is 5.32 Å². The summed E-state index contributed by atoms with van der Waals surface area (Å²) in [5.41, 5.74) is 0.648. The number of amides is 1. The lowest BCUT2D eigenvalue weighted by Gasteiger charge is -2.28. The highest BCUT2D eigenvalue weighted by molar-refractivity contribution is 8.00. The Bertz CT molecular complexity index is 494. The summed E-state index contributed by atoms with van der Waals surface area (Å²) < 4.78 is 0. The van der Waals surface area contributed by atoms with Gasteiger partial charge >= 0.3 is 0 Å². The number of halogens is 1. The highest BCUT2D eigenvalue weighted by Crippen LogP contribution is 2.18. The van der Waals surface area contributed by atoms with Crippen LogP contribution in [0.4, 0.5) is 0 Å². The maximum Gasteiger partial charge on any atom is 0.230 e. The van der Waals surface area contributed by atoms with Crippen LogP contribution in [-0.2, 0) is 4.79 Å². The summed E-state index contributed by atoms with van der Waals surface area (Å²) >= 11 is 7.10. The molecular formula is C16H22ClNO2S. The number of ketones is 1. The van der Waals surface area contributed by atoms with Crippen molar-refractivity contribution in [3.63, 3.8) is 0 Å². The summed E-state index contributed by atoms with van der Waals surface area (Å²) in [6.45, 7) is 8.22. The van der Waals surface area contributed by atoms with Gasteiger partial charge in [-0.2, -0.15) is 0 Å². The molecule has 0 saturated carbocycles. The molecule has 0 aliphatic carbocycles. The summed E-state index contributed by atoms with van der Waals surface area (Å²) in [7, 11) is 0. The lowest BCUT2D eigenvalue weighted by atomic mass is 9.88. The molecule has 116 valence electrons. The van der Waals surface area contributed by atoms with Gasteiger partial charge < -0.3 is 5.32 Å². The average molecular weight is 328 g/mol. The second kappa shape index (κ2) is 7.85. The fourth-order valence-electron chi connectivity index (χ4n) is 1.46. The van der Waals surface area contributed by atoms with Crippen LogP contribution in [0.3, 0.4) is 0 Å². The zero-order chi connectivity index (χ0) is 16.0. The van der Waals surface area contributed by atoms with E-state index in [0.717, 1.165) is 0 Å². The molecule has 0 radical (unpaired) electrons. The molecule has 1 atom stereocenters. The standard InChI is InChI=1S/C16H22ClNO2S/c1-11(16(2,3)4)18-15(20)10-21-9-14(19)12-5-7-13(17)8-6-12/h5-8,11H,9-10H2,1-4H3,(H,18,20)/t11-/m1/s1. The molecule has 1 aromatic carbocycles. The number of Topliss-reactive ketones (excluding diaryl/α,β-unsaturated/α-hetero) is 1. The summed E-state index contributed by atoms with van der Waals surface area (Å²) in [5.74, 6) is 0.554. The molecule has 3 nitrogen and oxygen atoms in total. The molecule has 0 fully saturated rings. The van der Waals surface area contributed by atoms with Gasteiger partial charge in [-0.15, -0.1) is 11.8 Å². The summed E-state index contributed by atoms with van der Waals surface area (Å²) in [4.78, 5) is 23.7. The van der Waals surface area contributed by atoms with Crippen LogP contribution in [0.25, 0.3) is 0 Å². The van der Waals surface area contributed by atoms with Gasteiger partial charge in [0, 0.05) is 16.6 Å². The van der Waals surface area contributed by atoms with E-state index in [0.29, 0.717) is 22.1 Å². The summed E-state index contributed by atoms with van der Waals surface area (Å²) in [6.07, 6.45) is 0. The van der Waals surface area contributed by atoms with Gasteiger partial charge in [0.1, 0.15) is 0 Å². The molecule has 1 aromatic rings. The number of carbonyl (C=O) groups is 2. The first-order valence-electron chi connectivity index (χ1n) is 6.86. The van der Waals surface area contributed by atoms with Crippen molar-refractivity contribution in [1.29, 1.82) is 0 Å². The van der Waals surface area contributed by atoms with Crippen LogP contribution in [0, 0.1) is 5.41 Å². The largest absolute Gasteiger partial charge is 0.352 e. The van der Waals surface area contributed by atoms with Crippen LogP contribution >= 0.6 is 23.4 Å². The maximum absolute atomic E-state index is 11.9. The third-order valence-corrected chi connectivity index (χ3v) is 4.49. The van der Waals surface area contributed by atoms with Crippen LogP contribution in [0.2, 0.25) is 5.02 Å². The Morgan fingerprint density at radius 2 is 1.76 bits per heavy atom. The van der Waals surface area contributed by atoms with E-state index in [9.17, 15) is 9.59 Å². The number of rotatable bonds is 6. The Hall–Kier alpha value is -1.00. The van der Waals surface area contributed by atoms with Crippen LogP contribution in [0.5, 0.6) is 0 Å². The Balaban J connectivity index is 2.35. The first-order valence-corrected chi connectivity index (χ1v) is 8.39. The summed E-state index contributed by atoms with van der Waals surface area (Å²) in [6, 6.07) is 6.88. The summed E-state index contributed by atoms with van der Waals surface area (Å²) in [5, 5.41) is 3.56. The lowest BCUT2D eigenvalue weighted by Crippen LogP contribution is -2.42. The third-order valence-electron chi connectivity index (χ3n) is 3.31. The van der Waals surface area contributed by atoms with E-state index in [4.69, 9.17) is 11.6 Å². The molecule has 0 aromatic heterocycles. The predicted molar refractivity (Wildman–Crippen MR) is 90.2 cm³/mol. The molecule has 21 heavy (non-hydrogen) atoms. The predicted octanol–water partition coefficient (Wildman–Crippen LogP) is 3.81. The second-order valence-corrected chi connectivity index (χ2v) is 7.50. The van der Waals surface area contributed by atoms with Gasteiger partial charge in [-0.3, -0.25) is 9.59 Å². The molecule has 1 rings (SSSR count). The van der Waals surface area contributed by atoms with Gasteiger partial charge in [-0.05, 0) is 36.6 Å². The van der Waals surface area contributed by atoms with E-state index >= 15 is 0 Å².